The molecular weight excluding hydrogens is 358 g/mol. The monoisotopic (exact) mass is 373 g/mol. The van der Waals surface area contributed by atoms with Crippen LogP contribution in [0.2, 0.25) is 5.02 Å². The van der Waals surface area contributed by atoms with Crippen LogP contribution in [0.1, 0.15) is 36.0 Å². The van der Waals surface area contributed by atoms with Crippen molar-refractivity contribution in [1.82, 2.24) is 5.32 Å². The fourth-order valence-electron chi connectivity index (χ4n) is 2.94. The van der Waals surface area contributed by atoms with Crippen LogP contribution in [0, 0.1) is 0 Å². The molecule has 1 amide bonds. The summed E-state index contributed by atoms with van der Waals surface area (Å²) in [4.78, 5) is 12.3. The second-order valence-corrected chi connectivity index (χ2v) is 6.87. The molecule has 0 atom stereocenters. The van der Waals surface area contributed by atoms with Crippen molar-refractivity contribution in [2.75, 3.05) is 13.2 Å². The number of carbonyl (C=O) groups is 1. The maximum atomic E-state index is 12.3. The van der Waals surface area contributed by atoms with Gasteiger partial charge in [0.15, 0.2) is 5.79 Å². The zero-order valence-corrected chi connectivity index (χ0v) is 13.9. The minimum Gasteiger partial charge on any atom is -0.349 e. The van der Waals surface area contributed by atoms with Gasteiger partial charge in [-0.25, -0.2) is 0 Å². The molecule has 6 heteroatoms. The van der Waals surface area contributed by atoms with Gasteiger partial charge in [0, 0.05) is 33.9 Å². The molecule has 0 radical (unpaired) electrons. The lowest BCUT2D eigenvalue weighted by molar-refractivity contribution is -0.179. The molecule has 2 fully saturated rings. The van der Waals surface area contributed by atoms with E-state index in [1.165, 1.54) is 0 Å². The van der Waals surface area contributed by atoms with Gasteiger partial charge in [0.05, 0.1) is 13.2 Å². The Morgan fingerprint density at radius 1 is 1.24 bits per heavy atom. The Kier molecular flexibility index (Phi) is 4.54. The average Bonchev–Trinajstić information content (AvgIpc) is 2.89. The Morgan fingerprint density at radius 3 is 2.52 bits per heavy atom. The quantitative estimate of drug-likeness (QED) is 0.861. The summed E-state index contributed by atoms with van der Waals surface area (Å²) >= 11 is 9.33. The van der Waals surface area contributed by atoms with Gasteiger partial charge in [-0.1, -0.05) is 27.5 Å². The van der Waals surface area contributed by atoms with Crippen LogP contribution in [-0.4, -0.2) is 30.9 Å². The van der Waals surface area contributed by atoms with Crippen LogP contribution in [0.3, 0.4) is 0 Å². The van der Waals surface area contributed by atoms with E-state index in [4.69, 9.17) is 21.1 Å². The molecule has 2 aliphatic rings. The van der Waals surface area contributed by atoms with Crippen LogP contribution >= 0.6 is 27.5 Å². The van der Waals surface area contributed by atoms with Crippen molar-refractivity contribution in [3.8, 4) is 0 Å². The fourth-order valence-corrected chi connectivity index (χ4v) is 3.80. The molecule has 1 heterocycles. The Hall–Kier alpha value is -0.620. The number of ether oxygens (including phenoxy) is 2. The maximum absolute atomic E-state index is 12.3. The third kappa shape index (κ3) is 3.59. The Balaban J connectivity index is 1.58. The minimum absolute atomic E-state index is 0.0904. The molecule has 1 spiro atoms. The van der Waals surface area contributed by atoms with Gasteiger partial charge in [0.1, 0.15) is 0 Å². The van der Waals surface area contributed by atoms with Crippen molar-refractivity contribution >= 4 is 33.4 Å². The molecule has 0 bridgehead atoms. The van der Waals surface area contributed by atoms with Crippen molar-refractivity contribution in [3.05, 3.63) is 33.3 Å². The lowest BCUT2D eigenvalue weighted by Gasteiger charge is -2.35. The molecule has 21 heavy (non-hydrogen) atoms. The lowest BCUT2D eigenvalue weighted by atomic mass is 9.90. The van der Waals surface area contributed by atoms with Crippen molar-refractivity contribution in [3.63, 3.8) is 0 Å². The molecule has 1 aromatic carbocycles. The first-order valence-electron chi connectivity index (χ1n) is 7.11. The smallest absolute Gasteiger partial charge is 0.251 e. The Labute approximate surface area is 137 Å². The average molecular weight is 375 g/mol. The van der Waals surface area contributed by atoms with Crippen LogP contribution < -0.4 is 5.32 Å². The summed E-state index contributed by atoms with van der Waals surface area (Å²) in [7, 11) is 0. The van der Waals surface area contributed by atoms with Crippen LogP contribution in [-0.2, 0) is 9.47 Å². The number of hydrogen-bond donors (Lipinski definition) is 1. The van der Waals surface area contributed by atoms with Crippen molar-refractivity contribution in [2.45, 2.75) is 37.5 Å². The molecule has 1 saturated carbocycles. The summed E-state index contributed by atoms with van der Waals surface area (Å²) in [5, 5.41) is 3.61. The number of amides is 1. The predicted octanol–water partition coefficient (Wildman–Crippen LogP) is 3.52. The molecule has 114 valence electrons. The predicted molar refractivity (Wildman–Crippen MR) is 83.5 cm³/mol. The molecule has 1 aliphatic heterocycles. The third-order valence-corrected chi connectivity index (χ3v) is 4.70. The van der Waals surface area contributed by atoms with Gasteiger partial charge in [0.25, 0.3) is 5.91 Å². The minimum atomic E-state index is -0.389. The molecule has 1 N–H and O–H groups in total. The Morgan fingerprint density at radius 2 is 1.90 bits per heavy atom. The van der Waals surface area contributed by atoms with E-state index in [0.717, 1.165) is 30.2 Å². The van der Waals surface area contributed by atoms with Crippen LogP contribution in [0.5, 0.6) is 0 Å². The number of rotatable bonds is 2. The lowest BCUT2D eigenvalue weighted by Crippen LogP contribution is -2.44. The van der Waals surface area contributed by atoms with E-state index in [9.17, 15) is 4.79 Å². The summed E-state index contributed by atoms with van der Waals surface area (Å²) in [6.45, 7) is 1.35. The molecule has 0 unspecified atom stereocenters. The van der Waals surface area contributed by atoms with E-state index in [1.807, 2.05) is 0 Å². The number of nitrogens with one attached hydrogen (secondary N) is 1. The van der Waals surface area contributed by atoms with Crippen molar-refractivity contribution < 1.29 is 14.3 Å². The zero-order chi connectivity index (χ0) is 14.9. The summed E-state index contributed by atoms with van der Waals surface area (Å²) < 4.78 is 12.2. The van der Waals surface area contributed by atoms with E-state index in [0.29, 0.717) is 23.8 Å². The summed E-state index contributed by atoms with van der Waals surface area (Å²) in [5.74, 6) is -0.479. The standard InChI is InChI=1S/C15H17BrClNO3/c16-11-7-10(8-12(17)9-11)14(19)18-13-1-3-15(4-2-13)20-5-6-21-15/h7-9,13H,1-6H2,(H,18,19). The molecule has 1 aliphatic carbocycles. The van der Waals surface area contributed by atoms with Crippen LogP contribution in [0.15, 0.2) is 22.7 Å². The van der Waals surface area contributed by atoms with Gasteiger partial charge in [-0.2, -0.15) is 0 Å². The maximum Gasteiger partial charge on any atom is 0.251 e. The van der Waals surface area contributed by atoms with Crippen LogP contribution in [0.25, 0.3) is 0 Å². The SMILES string of the molecule is O=C(NC1CCC2(CC1)OCCO2)c1cc(Cl)cc(Br)c1. The van der Waals surface area contributed by atoms with Crippen LogP contribution in [0.4, 0.5) is 0 Å². The van der Waals surface area contributed by atoms with E-state index >= 15 is 0 Å². The molecule has 0 aromatic heterocycles. The van der Waals surface area contributed by atoms with Crippen molar-refractivity contribution in [1.29, 1.82) is 0 Å². The number of carbonyl (C=O) groups excluding carboxylic acids is 1. The van der Waals surface area contributed by atoms with E-state index in [-0.39, 0.29) is 17.7 Å². The molecule has 4 nitrogen and oxygen atoms in total. The summed E-state index contributed by atoms with van der Waals surface area (Å²) in [6.07, 6.45) is 3.40. The number of benzene rings is 1. The molecular formula is C15H17BrClNO3. The summed E-state index contributed by atoms with van der Waals surface area (Å²) in [5.41, 5.74) is 0.572. The number of hydrogen-bond acceptors (Lipinski definition) is 3. The first kappa shape index (κ1) is 15.3. The third-order valence-electron chi connectivity index (χ3n) is 4.02. The first-order valence-corrected chi connectivity index (χ1v) is 8.28. The highest BCUT2D eigenvalue weighted by molar-refractivity contribution is 9.10. The fraction of sp³-hybridized carbons (Fsp3) is 0.533. The van der Waals surface area contributed by atoms with Gasteiger partial charge in [-0.15, -0.1) is 0 Å². The van der Waals surface area contributed by atoms with E-state index in [2.05, 4.69) is 21.2 Å². The number of halogens is 2. The first-order chi connectivity index (χ1) is 10.1. The second kappa shape index (κ2) is 6.24. The molecule has 1 aromatic rings. The summed E-state index contributed by atoms with van der Waals surface area (Å²) in [6, 6.07) is 5.37. The highest BCUT2D eigenvalue weighted by Gasteiger charge is 2.40. The van der Waals surface area contributed by atoms with E-state index in [1.54, 1.807) is 18.2 Å². The second-order valence-electron chi connectivity index (χ2n) is 5.51. The zero-order valence-electron chi connectivity index (χ0n) is 11.5. The largest absolute Gasteiger partial charge is 0.349 e. The molecule has 3 rings (SSSR count). The van der Waals surface area contributed by atoms with Gasteiger partial charge in [0.2, 0.25) is 0 Å². The van der Waals surface area contributed by atoms with Crippen molar-refractivity contribution in [2.24, 2.45) is 0 Å². The highest BCUT2D eigenvalue weighted by Crippen LogP contribution is 2.35. The Bertz CT molecular complexity index is 515. The normalized spacial score (nSPS) is 21.6. The van der Waals surface area contributed by atoms with Gasteiger partial charge in [-0.3, -0.25) is 4.79 Å². The van der Waals surface area contributed by atoms with Gasteiger partial charge < -0.3 is 14.8 Å². The topological polar surface area (TPSA) is 47.6 Å². The van der Waals surface area contributed by atoms with Gasteiger partial charge in [-0.05, 0) is 31.0 Å². The molecule has 1 saturated heterocycles. The highest BCUT2D eigenvalue weighted by atomic mass is 79.9. The van der Waals surface area contributed by atoms with Gasteiger partial charge >= 0.3 is 0 Å². The van der Waals surface area contributed by atoms with E-state index < -0.39 is 0 Å².